The summed E-state index contributed by atoms with van der Waals surface area (Å²) in [6.07, 6.45) is 5.94. The van der Waals surface area contributed by atoms with Crippen LogP contribution in [0.1, 0.15) is 24.8 Å². The molecule has 0 saturated heterocycles. The third-order valence-electron chi connectivity index (χ3n) is 3.32. The summed E-state index contributed by atoms with van der Waals surface area (Å²) in [5.41, 5.74) is 1.12. The zero-order valence-corrected chi connectivity index (χ0v) is 10.4. The quantitative estimate of drug-likeness (QED) is 0.852. The van der Waals surface area contributed by atoms with Crippen molar-refractivity contribution in [2.24, 2.45) is 5.92 Å². The summed E-state index contributed by atoms with van der Waals surface area (Å²) >= 11 is 0. The van der Waals surface area contributed by atoms with Crippen LogP contribution in [0.15, 0.2) is 36.4 Å². The fourth-order valence-electron chi connectivity index (χ4n) is 2.30. The van der Waals surface area contributed by atoms with Crippen molar-refractivity contribution in [3.8, 4) is 0 Å². The monoisotopic (exact) mass is 245 g/mol. The molecule has 0 aliphatic heterocycles. The zero-order chi connectivity index (χ0) is 12.8. The van der Waals surface area contributed by atoms with E-state index in [0.29, 0.717) is 6.54 Å². The standard InChI is InChI=1S/C15H19NO2/c17-14-10-4-9-13(14)15(18)16-11-5-8-12-6-2-1-3-7-12/h1-3,5-8,13-14,17H,4,9-11H2,(H,16,18)/b8-5+. The molecule has 0 aromatic heterocycles. The first-order chi connectivity index (χ1) is 8.77. The van der Waals surface area contributed by atoms with Gasteiger partial charge in [0, 0.05) is 6.54 Å². The molecule has 1 saturated carbocycles. The van der Waals surface area contributed by atoms with E-state index >= 15 is 0 Å². The van der Waals surface area contributed by atoms with E-state index in [0.717, 1.165) is 24.8 Å². The van der Waals surface area contributed by atoms with E-state index in [4.69, 9.17) is 0 Å². The van der Waals surface area contributed by atoms with Gasteiger partial charge in [-0.3, -0.25) is 4.79 Å². The maximum absolute atomic E-state index is 11.8. The first-order valence-corrected chi connectivity index (χ1v) is 6.45. The van der Waals surface area contributed by atoms with Gasteiger partial charge in [-0.05, 0) is 24.8 Å². The average molecular weight is 245 g/mol. The normalized spacial score (nSPS) is 23.4. The van der Waals surface area contributed by atoms with Gasteiger partial charge >= 0.3 is 0 Å². The molecule has 0 heterocycles. The molecular weight excluding hydrogens is 226 g/mol. The fraction of sp³-hybridized carbons (Fsp3) is 0.400. The molecule has 1 fully saturated rings. The van der Waals surface area contributed by atoms with Crippen LogP contribution in [-0.4, -0.2) is 23.7 Å². The van der Waals surface area contributed by atoms with Crippen LogP contribution < -0.4 is 5.32 Å². The van der Waals surface area contributed by atoms with Crippen LogP contribution in [0.4, 0.5) is 0 Å². The molecule has 2 atom stereocenters. The summed E-state index contributed by atoms with van der Waals surface area (Å²) in [7, 11) is 0. The third-order valence-corrected chi connectivity index (χ3v) is 3.32. The Bertz CT molecular complexity index is 414. The minimum Gasteiger partial charge on any atom is -0.392 e. The highest BCUT2D eigenvalue weighted by Crippen LogP contribution is 2.25. The molecule has 3 nitrogen and oxygen atoms in total. The SMILES string of the molecule is O=C(NC/C=C/c1ccccc1)C1CCCC1O. The van der Waals surface area contributed by atoms with Gasteiger partial charge in [0.1, 0.15) is 0 Å². The maximum atomic E-state index is 11.8. The minimum absolute atomic E-state index is 0.0299. The second-order valence-corrected chi connectivity index (χ2v) is 4.66. The molecule has 1 aliphatic rings. The second-order valence-electron chi connectivity index (χ2n) is 4.66. The predicted molar refractivity (Wildman–Crippen MR) is 71.8 cm³/mol. The van der Waals surface area contributed by atoms with Crippen LogP contribution in [0.25, 0.3) is 6.08 Å². The van der Waals surface area contributed by atoms with Crippen LogP contribution in [0.5, 0.6) is 0 Å². The molecule has 2 unspecified atom stereocenters. The van der Waals surface area contributed by atoms with Crippen molar-refractivity contribution >= 4 is 12.0 Å². The van der Waals surface area contributed by atoms with Crippen molar-refractivity contribution in [3.05, 3.63) is 42.0 Å². The Morgan fingerprint density at radius 3 is 2.78 bits per heavy atom. The highest BCUT2D eigenvalue weighted by atomic mass is 16.3. The number of amides is 1. The summed E-state index contributed by atoms with van der Waals surface area (Å²) in [5, 5.41) is 12.5. The summed E-state index contributed by atoms with van der Waals surface area (Å²) in [5.74, 6) is -0.243. The Morgan fingerprint density at radius 2 is 2.11 bits per heavy atom. The highest BCUT2D eigenvalue weighted by molar-refractivity contribution is 5.79. The number of aliphatic hydroxyl groups excluding tert-OH is 1. The van der Waals surface area contributed by atoms with E-state index in [-0.39, 0.29) is 11.8 Å². The molecule has 0 bridgehead atoms. The Kier molecular flexibility index (Phi) is 4.53. The number of hydrogen-bond acceptors (Lipinski definition) is 2. The van der Waals surface area contributed by atoms with Crippen LogP contribution in [-0.2, 0) is 4.79 Å². The van der Waals surface area contributed by atoms with Gasteiger partial charge in [0.05, 0.1) is 12.0 Å². The lowest BCUT2D eigenvalue weighted by atomic mass is 10.1. The number of carbonyl (C=O) groups is 1. The van der Waals surface area contributed by atoms with Gasteiger partial charge in [-0.1, -0.05) is 42.5 Å². The number of aliphatic hydroxyl groups is 1. The molecule has 1 amide bonds. The summed E-state index contributed by atoms with van der Waals surface area (Å²) in [6.45, 7) is 0.511. The van der Waals surface area contributed by atoms with Crippen LogP contribution in [0, 0.1) is 5.92 Å². The Labute approximate surface area is 108 Å². The van der Waals surface area contributed by atoms with Gasteiger partial charge < -0.3 is 10.4 Å². The molecule has 1 aromatic rings. The van der Waals surface area contributed by atoms with Gasteiger partial charge in [-0.2, -0.15) is 0 Å². The van der Waals surface area contributed by atoms with Crippen molar-refractivity contribution in [2.75, 3.05) is 6.54 Å². The van der Waals surface area contributed by atoms with E-state index < -0.39 is 6.10 Å². The Hall–Kier alpha value is -1.61. The van der Waals surface area contributed by atoms with Crippen molar-refractivity contribution in [3.63, 3.8) is 0 Å². The van der Waals surface area contributed by atoms with E-state index in [1.54, 1.807) is 0 Å². The summed E-state index contributed by atoms with van der Waals surface area (Å²) < 4.78 is 0. The van der Waals surface area contributed by atoms with Gasteiger partial charge in [0.2, 0.25) is 5.91 Å². The van der Waals surface area contributed by atoms with Gasteiger partial charge in [-0.25, -0.2) is 0 Å². The zero-order valence-electron chi connectivity index (χ0n) is 10.4. The molecule has 0 radical (unpaired) electrons. The minimum atomic E-state index is -0.455. The van der Waals surface area contributed by atoms with Crippen LogP contribution in [0.2, 0.25) is 0 Å². The van der Waals surface area contributed by atoms with Gasteiger partial charge in [0.15, 0.2) is 0 Å². The van der Waals surface area contributed by atoms with E-state index in [2.05, 4.69) is 5.32 Å². The molecular formula is C15H19NO2. The molecule has 1 aromatic carbocycles. The summed E-state index contributed by atoms with van der Waals surface area (Å²) in [4.78, 5) is 11.8. The van der Waals surface area contributed by atoms with Gasteiger partial charge in [0.25, 0.3) is 0 Å². The molecule has 0 spiro atoms. The first kappa shape index (κ1) is 12.8. The second kappa shape index (κ2) is 6.36. The lowest BCUT2D eigenvalue weighted by Crippen LogP contribution is -2.34. The highest BCUT2D eigenvalue weighted by Gasteiger charge is 2.30. The smallest absolute Gasteiger partial charge is 0.225 e. The average Bonchev–Trinajstić information content (AvgIpc) is 2.82. The van der Waals surface area contributed by atoms with Crippen molar-refractivity contribution in [1.82, 2.24) is 5.32 Å². The van der Waals surface area contributed by atoms with E-state index in [1.807, 2.05) is 42.5 Å². The number of benzene rings is 1. The number of rotatable bonds is 4. The number of nitrogens with one attached hydrogen (secondary N) is 1. The van der Waals surface area contributed by atoms with Crippen LogP contribution >= 0.6 is 0 Å². The summed E-state index contributed by atoms with van der Waals surface area (Å²) in [6, 6.07) is 9.96. The first-order valence-electron chi connectivity index (χ1n) is 6.45. The predicted octanol–water partition coefficient (Wildman–Crippen LogP) is 1.98. The number of carbonyl (C=O) groups excluding carboxylic acids is 1. The lowest BCUT2D eigenvalue weighted by molar-refractivity contribution is -0.127. The van der Waals surface area contributed by atoms with Gasteiger partial charge in [-0.15, -0.1) is 0 Å². The van der Waals surface area contributed by atoms with E-state index in [9.17, 15) is 9.90 Å². The molecule has 18 heavy (non-hydrogen) atoms. The lowest BCUT2D eigenvalue weighted by Gasteiger charge is -2.13. The molecule has 2 rings (SSSR count). The Morgan fingerprint density at radius 1 is 1.33 bits per heavy atom. The number of hydrogen-bond donors (Lipinski definition) is 2. The third kappa shape index (κ3) is 3.44. The van der Waals surface area contributed by atoms with Crippen molar-refractivity contribution in [2.45, 2.75) is 25.4 Å². The molecule has 1 aliphatic carbocycles. The largest absolute Gasteiger partial charge is 0.392 e. The molecule has 96 valence electrons. The topological polar surface area (TPSA) is 49.3 Å². The van der Waals surface area contributed by atoms with Crippen LogP contribution in [0.3, 0.4) is 0 Å². The molecule has 3 heteroatoms. The molecule has 2 N–H and O–H groups in total. The fourth-order valence-corrected chi connectivity index (χ4v) is 2.30. The Balaban J connectivity index is 1.75. The maximum Gasteiger partial charge on any atom is 0.225 e. The van der Waals surface area contributed by atoms with Crippen molar-refractivity contribution in [1.29, 1.82) is 0 Å². The van der Waals surface area contributed by atoms with Crippen molar-refractivity contribution < 1.29 is 9.90 Å². The van der Waals surface area contributed by atoms with E-state index in [1.165, 1.54) is 0 Å².